The molecule has 6 N–H and O–H groups in total. The highest BCUT2D eigenvalue weighted by Gasteiger charge is 2.66. The molecule has 5 rings (SSSR count). The number of aromatic hydroxyl groups is 3. The third-order valence-electron chi connectivity index (χ3n) is 7.65. The number of phenolic OH excluding ortho intramolecular Hbond substituents is 1. The van der Waals surface area contributed by atoms with E-state index < -0.39 is 70.5 Å². The van der Waals surface area contributed by atoms with Gasteiger partial charge >= 0.3 is 0 Å². The van der Waals surface area contributed by atoms with Crippen molar-refractivity contribution in [1.29, 1.82) is 0 Å². The second-order valence-electron chi connectivity index (χ2n) is 9.47. The van der Waals surface area contributed by atoms with E-state index in [0.29, 0.717) is 11.1 Å². The van der Waals surface area contributed by atoms with Crippen LogP contribution < -0.4 is 5.73 Å². The zero-order valence-electron chi connectivity index (χ0n) is 18.3. The number of nitrogens with two attached hydrogens (primary N) is 1. The highest BCUT2D eigenvalue weighted by atomic mass is 16.3. The number of nitrogens with zero attached hydrogens (tertiary/aromatic N) is 1. The maximum atomic E-state index is 13.5. The van der Waals surface area contributed by atoms with Gasteiger partial charge in [-0.3, -0.25) is 28.5 Å². The van der Waals surface area contributed by atoms with Crippen LogP contribution in [0.3, 0.4) is 0 Å². The number of carbonyl (C=O) groups excluding carboxylic acids is 5. The van der Waals surface area contributed by atoms with Crippen molar-refractivity contribution in [3.05, 3.63) is 41.0 Å². The molecule has 182 valence electrons. The largest absolute Gasteiger partial charge is 0.507 e. The standard InChI is InChI=1S/C24H22N2O9/c25-23(34)19-14(28)7-11-5-10-6-12-9(8-26-15(29)3-4-16(26)30)1-2-13(27)18(12)20(31)17(10)21(32)24(11,35)22(19)33/h1-4,10-11,17,19,27,29-30,35H,5-8H2,(H2,25,34)/t10?,11?,17?,19?,24-/m0/s1. The Balaban J connectivity index is 1.58. The van der Waals surface area contributed by atoms with E-state index >= 15 is 0 Å². The van der Waals surface area contributed by atoms with Gasteiger partial charge in [0.15, 0.2) is 46.4 Å². The molecular formula is C24H22N2O9. The summed E-state index contributed by atoms with van der Waals surface area (Å²) in [7, 11) is 0. The molecule has 0 saturated heterocycles. The summed E-state index contributed by atoms with van der Waals surface area (Å²) < 4.78 is 1.19. The minimum absolute atomic E-state index is 0.0177. The van der Waals surface area contributed by atoms with Crippen LogP contribution in [-0.2, 0) is 32.1 Å². The van der Waals surface area contributed by atoms with Gasteiger partial charge in [0.2, 0.25) is 5.91 Å². The summed E-state index contributed by atoms with van der Waals surface area (Å²) in [5.74, 6) is -11.2. The van der Waals surface area contributed by atoms with Crippen molar-refractivity contribution in [2.24, 2.45) is 29.4 Å². The summed E-state index contributed by atoms with van der Waals surface area (Å²) in [6.07, 6.45) is -0.321. The average molecular weight is 482 g/mol. The van der Waals surface area contributed by atoms with Gasteiger partial charge in [-0.25, -0.2) is 0 Å². The van der Waals surface area contributed by atoms with E-state index in [1.165, 1.54) is 28.8 Å². The zero-order chi connectivity index (χ0) is 25.4. The molecule has 4 unspecified atom stereocenters. The molecule has 2 saturated carbocycles. The number of primary amides is 1. The number of phenols is 1. The number of rotatable bonds is 3. The smallest absolute Gasteiger partial charge is 0.235 e. The lowest BCUT2D eigenvalue weighted by molar-refractivity contribution is -0.175. The predicted octanol–water partition coefficient (Wildman–Crippen LogP) is -0.412. The average Bonchev–Trinajstić information content (AvgIpc) is 3.09. The fourth-order valence-corrected chi connectivity index (χ4v) is 5.96. The molecule has 2 fully saturated rings. The number of hydrogen-bond donors (Lipinski definition) is 5. The molecule has 1 aromatic carbocycles. The molecule has 0 radical (unpaired) electrons. The molecule has 0 spiro atoms. The van der Waals surface area contributed by atoms with Crippen molar-refractivity contribution in [3.8, 4) is 17.5 Å². The van der Waals surface area contributed by atoms with Crippen LogP contribution in [0.25, 0.3) is 0 Å². The van der Waals surface area contributed by atoms with E-state index in [0.717, 1.165) is 0 Å². The van der Waals surface area contributed by atoms with Crippen molar-refractivity contribution in [1.82, 2.24) is 4.57 Å². The predicted molar refractivity (Wildman–Crippen MR) is 115 cm³/mol. The van der Waals surface area contributed by atoms with Crippen LogP contribution in [0, 0.1) is 23.7 Å². The van der Waals surface area contributed by atoms with Crippen molar-refractivity contribution >= 4 is 29.0 Å². The third-order valence-corrected chi connectivity index (χ3v) is 7.65. The number of aliphatic hydroxyl groups is 1. The van der Waals surface area contributed by atoms with E-state index in [2.05, 4.69) is 0 Å². The summed E-state index contributed by atoms with van der Waals surface area (Å²) in [4.78, 5) is 64.0. The summed E-state index contributed by atoms with van der Waals surface area (Å²) in [5, 5.41) is 41.7. The number of fused-ring (bicyclic) bond motifs is 3. The lowest BCUT2D eigenvalue weighted by atomic mass is 9.53. The SMILES string of the molecule is NC(=O)C1C(=O)CC2CC3Cc4c(Cn5c(O)ccc5O)ccc(O)c4C(=O)C3C(=O)[C@]2(O)C1=O. The Morgan fingerprint density at radius 1 is 1.00 bits per heavy atom. The lowest BCUT2D eigenvalue weighted by Gasteiger charge is -2.48. The van der Waals surface area contributed by atoms with Crippen LogP contribution in [0.5, 0.6) is 17.5 Å². The highest BCUT2D eigenvalue weighted by Crippen LogP contribution is 2.50. The van der Waals surface area contributed by atoms with Crippen molar-refractivity contribution in [2.45, 2.75) is 31.4 Å². The second kappa shape index (κ2) is 7.51. The van der Waals surface area contributed by atoms with Crippen LogP contribution in [0.4, 0.5) is 0 Å². The Hall–Kier alpha value is -3.99. The molecule has 0 aliphatic heterocycles. The molecule has 35 heavy (non-hydrogen) atoms. The molecule has 1 aromatic heterocycles. The van der Waals surface area contributed by atoms with Crippen molar-refractivity contribution < 1.29 is 44.4 Å². The molecule has 2 aromatic rings. The van der Waals surface area contributed by atoms with Crippen LogP contribution in [0.2, 0.25) is 0 Å². The monoisotopic (exact) mass is 482 g/mol. The fourth-order valence-electron chi connectivity index (χ4n) is 5.96. The van der Waals surface area contributed by atoms with Crippen molar-refractivity contribution in [2.75, 3.05) is 0 Å². The summed E-state index contributed by atoms with van der Waals surface area (Å²) in [6, 6.07) is 5.37. The summed E-state index contributed by atoms with van der Waals surface area (Å²) in [6.45, 7) is -0.0312. The Labute approximate surface area is 197 Å². The first-order chi connectivity index (χ1) is 16.5. The number of hydrogen-bond acceptors (Lipinski definition) is 9. The van der Waals surface area contributed by atoms with Crippen LogP contribution in [0.1, 0.15) is 34.3 Å². The number of Topliss-reactive ketones (excluding diaryl/α,β-unsaturated/α-hetero) is 4. The van der Waals surface area contributed by atoms with E-state index in [9.17, 15) is 44.4 Å². The zero-order valence-corrected chi connectivity index (χ0v) is 18.3. The number of ketones is 4. The van der Waals surface area contributed by atoms with Crippen LogP contribution >= 0.6 is 0 Å². The lowest BCUT2D eigenvalue weighted by Crippen LogP contribution is -2.68. The second-order valence-corrected chi connectivity index (χ2v) is 9.47. The van der Waals surface area contributed by atoms with Gasteiger partial charge in [-0.2, -0.15) is 0 Å². The van der Waals surface area contributed by atoms with Crippen molar-refractivity contribution in [3.63, 3.8) is 0 Å². The maximum absolute atomic E-state index is 13.5. The molecule has 11 nitrogen and oxygen atoms in total. The third kappa shape index (κ3) is 3.04. The molecular weight excluding hydrogens is 460 g/mol. The first-order valence-electron chi connectivity index (χ1n) is 11.0. The Morgan fingerprint density at radius 3 is 2.29 bits per heavy atom. The quantitative estimate of drug-likeness (QED) is 0.361. The first kappa shape index (κ1) is 22.8. The summed E-state index contributed by atoms with van der Waals surface area (Å²) in [5.41, 5.74) is 3.24. The van der Waals surface area contributed by atoms with E-state index in [-0.39, 0.29) is 36.7 Å². The first-order valence-corrected chi connectivity index (χ1v) is 11.0. The number of amides is 1. The topological polar surface area (TPSA) is 197 Å². The van der Waals surface area contributed by atoms with Gasteiger partial charge in [0.25, 0.3) is 0 Å². The Bertz CT molecular complexity index is 1320. The van der Waals surface area contributed by atoms with E-state index in [1.807, 2.05) is 0 Å². The minimum Gasteiger partial charge on any atom is -0.507 e. The minimum atomic E-state index is -2.70. The number of aromatic nitrogens is 1. The maximum Gasteiger partial charge on any atom is 0.235 e. The van der Waals surface area contributed by atoms with Gasteiger partial charge in [-0.05, 0) is 36.0 Å². The molecule has 1 amide bonds. The fraction of sp³-hybridized carbons (Fsp3) is 0.375. The van der Waals surface area contributed by atoms with E-state index in [1.54, 1.807) is 0 Å². The van der Waals surface area contributed by atoms with Crippen LogP contribution in [-0.4, -0.2) is 59.6 Å². The molecule has 3 aliphatic carbocycles. The summed E-state index contributed by atoms with van der Waals surface area (Å²) >= 11 is 0. The normalized spacial score (nSPS) is 30.0. The van der Waals surface area contributed by atoms with Gasteiger partial charge < -0.3 is 26.2 Å². The van der Waals surface area contributed by atoms with Gasteiger partial charge in [0, 0.05) is 24.5 Å². The molecule has 1 heterocycles. The van der Waals surface area contributed by atoms with Gasteiger partial charge in [0.05, 0.1) is 18.0 Å². The van der Waals surface area contributed by atoms with Gasteiger partial charge in [-0.15, -0.1) is 0 Å². The molecule has 5 atom stereocenters. The number of carbonyl (C=O) groups is 5. The van der Waals surface area contributed by atoms with Crippen LogP contribution in [0.15, 0.2) is 24.3 Å². The molecule has 0 bridgehead atoms. The highest BCUT2D eigenvalue weighted by molar-refractivity contribution is 6.31. The van der Waals surface area contributed by atoms with Gasteiger partial charge in [0.1, 0.15) is 5.75 Å². The Morgan fingerprint density at radius 2 is 1.66 bits per heavy atom. The molecule has 3 aliphatic rings. The Kier molecular flexibility index (Phi) is 4.89. The van der Waals surface area contributed by atoms with Gasteiger partial charge in [-0.1, -0.05) is 6.07 Å². The van der Waals surface area contributed by atoms with E-state index in [4.69, 9.17) is 5.73 Å². The number of benzene rings is 1. The molecule has 11 heteroatoms.